The van der Waals surface area contributed by atoms with Crippen molar-refractivity contribution < 1.29 is 9.53 Å². The highest BCUT2D eigenvalue weighted by molar-refractivity contribution is 5.95. The van der Waals surface area contributed by atoms with Crippen LogP contribution in [0.3, 0.4) is 0 Å². The summed E-state index contributed by atoms with van der Waals surface area (Å²) in [7, 11) is 1.65. The maximum absolute atomic E-state index is 11.5. The van der Waals surface area contributed by atoms with Crippen LogP contribution < -0.4 is 4.74 Å². The highest BCUT2D eigenvalue weighted by Gasteiger charge is 2.13. The molecular formula is C15H17NO2. The minimum Gasteiger partial charge on any atom is -0.497 e. The maximum atomic E-state index is 11.5. The molecule has 0 radical (unpaired) electrons. The monoisotopic (exact) mass is 243 g/mol. The molecule has 3 nitrogen and oxygen atoms in total. The van der Waals surface area contributed by atoms with Gasteiger partial charge < -0.3 is 9.30 Å². The predicted molar refractivity (Wildman–Crippen MR) is 71.8 cm³/mol. The summed E-state index contributed by atoms with van der Waals surface area (Å²) in [6.07, 6.45) is 0. The molecule has 0 N–H and O–H groups in total. The molecule has 0 amide bonds. The van der Waals surface area contributed by atoms with E-state index in [1.807, 2.05) is 44.2 Å². The molecule has 94 valence electrons. The molecule has 0 unspecified atom stereocenters. The minimum absolute atomic E-state index is 0.0947. The second-order valence-corrected chi connectivity index (χ2v) is 4.38. The fourth-order valence-electron chi connectivity index (χ4n) is 2.27. The molecule has 2 aromatic rings. The van der Waals surface area contributed by atoms with Crippen molar-refractivity contribution in [2.45, 2.75) is 20.8 Å². The highest BCUT2D eigenvalue weighted by atomic mass is 16.5. The lowest BCUT2D eigenvalue weighted by atomic mass is 10.2. The molecule has 3 heteroatoms. The van der Waals surface area contributed by atoms with E-state index in [1.165, 1.54) is 0 Å². The van der Waals surface area contributed by atoms with Gasteiger partial charge in [0.25, 0.3) is 0 Å². The van der Waals surface area contributed by atoms with Gasteiger partial charge in [-0.15, -0.1) is 0 Å². The van der Waals surface area contributed by atoms with Crippen LogP contribution in [0.2, 0.25) is 0 Å². The average Bonchev–Trinajstić information content (AvgIpc) is 2.65. The number of carbonyl (C=O) groups excluding carboxylic acids is 1. The number of carbonyl (C=O) groups is 1. The zero-order chi connectivity index (χ0) is 13.3. The van der Waals surface area contributed by atoms with E-state index in [0.717, 1.165) is 28.4 Å². The second-order valence-electron chi connectivity index (χ2n) is 4.38. The number of Topliss-reactive ketones (excluding diaryl/α,β-unsaturated/α-hetero) is 1. The summed E-state index contributed by atoms with van der Waals surface area (Å²) in [5, 5.41) is 0. The number of benzene rings is 1. The Morgan fingerprint density at radius 2 is 1.94 bits per heavy atom. The average molecular weight is 243 g/mol. The van der Waals surface area contributed by atoms with Crippen LogP contribution in [0.15, 0.2) is 30.3 Å². The molecule has 0 fully saturated rings. The van der Waals surface area contributed by atoms with Crippen LogP contribution in [0.1, 0.15) is 28.7 Å². The Bertz CT molecular complexity index is 597. The molecule has 18 heavy (non-hydrogen) atoms. The molecule has 0 aliphatic carbocycles. The number of aryl methyl sites for hydroxylation is 1. The zero-order valence-corrected chi connectivity index (χ0v) is 11.2. The molecular weight excluding hydrogens is 226 g/mol. The quantitative estimate of drug-likeness (QED) is 0.774. The van der Waals surface area contributed by atoms with Gasteiger partial charge in [0.2, 0.25) is 0 Å². The molecule has 0 aliphatic rings. The summed E-state index contributed by atoms with van der Waals surface area (Å²) in [6.45, 7) is 5.56. The largest absolute Gasteiger partial charge is 0.497 e. The number of nitrogens with zero attached hydrogens (tertiary/aromatic N) is 1. The molecule has 0 spiro atoms. The number of ketones is 1. The predicted octanol–water partition coefficient (Wildman–Crippen LogP) is 3.31. The van der Waals surface area contributed by atoms with Gasteiger partial charge in [-0.2, -0.15) is 0 Å². The molecule has 0 saturated heterocycles. The number of hydrogen-bond acceptors (Lipinski definition) is 2. The van der Waals surface area contributed by atoms with E-state index in [4.69, 9.17) is 4.74 Å². The first-order valence-corrected chi connectivity index (χ1v) is 5.89. The number of ether oxygens (including phenoxy) is 1. The minimum atomic E-state index is 0.0947. The van der Waals surface area contributed by atoms with E-state index in [9.17, 15) is 4.79 Å². The summed E-state index contributed by atoms with van der Waals surface area (Å²) >= 11 is 0. The van der Waals surface area contributed by atoms with Crippen LogP contribution in [0.25, 0.3) is 5.69 Å². The second kappa shape index (κ2) is 4.69. The van der Waals surface area contributed by atoms with Crippen LogP contribution >= 0.6 is 0 Å². The van der Waals surface area contributed by atoms with Crippen molar-refractivity contribution in [1.29, 1.82) is 0 Å². The standard InChI is InChI=1S/C15H17NO2/c1-10-8-15(12(3)17)11(2)16(10)13-6-5-7-14(9-13)18-4/h5-9H,1-4H3. The third-order valence-corrected chi connectivity index (χ3v) is 3.12. The molecule has 1 heterocycles. The summed E-state index contributed by atoms with van der Waals surface area (Å²) in [4.78, 5) is 11.5. The molecule has 1 aromatic heterocycles. The smallest absolute Gasteiger partial charge is 0.161 e. The van der Waals surface area contributed by atoms with E-state index in [2.05, 4.69) is 4.57 Å². The Morgan fingerprint density at radius 1 is 1.22 bits per heavy atom. The molecule has 2 rings (SSSR count). The Labute approximate surface area is 107 Å². The summed E-state index contributed by atoms with van der Waals surface area (Å²) in [6, 6.07) is 9.75. The van der Waals surface area contributed by atoms with E-state index < -0.39 is 0 Å². The summed E-state index contributed by atoms with van der Waals surface area (Å²) < 4.78 is 7.30. The van der Waals surface area contributed by atoms with E-state index in [-0.39, 0.29) is 5.78 Å². The lowest BCUT2D eigenvalue weighted by Gasteiger charge is -2.11. The number of methoxy groups -OCH3 is 1. The van der Waals surface area contributed by atoms with E-state index in [1.54, 1.807) is 14.0 Å². The van der Waals surface area contributed by atoms with Crippen molar-refractivity contribution in [2.24, 2.45) is 0 Å². The van der Waals surface area contributed by atoms with Crippen LogP contribution in [-0.4, -0.2) is 17.5 Å². The molecule has 0 saturated carbocycles. The fraction of sp³-hybridized carbons (Fsp3) is 0.267. The normalized spacial score (nSPS) is 10.4. The van der Waals surface area contributed by atoms with Crippen LogP contribution in [0.5, 0.6) is 5.75 Å². The lowest BCUT2D eigenvalue weighted by Crippen LogP contribution is -2.01. The van der Waals surface area contributed by atoms with Gasteiger partial charge in [0.15, 0.2) is 5.78 Å². The van der Waals surface area contributed by atoms with Gasteiger partial charge >= 0.3 is 0 Å². The SMILES string of the molecule is COc1cccc(-n2c(C)cc(C(C)=O)c2C)c1. The van der Waals surface area contributed by atoms with Crippen molar-refractivity contribution >= 4 is 5.78 Å². The Hall–Kier alpha value is -2.03. The first kappa shape index (κ1) is 12.4. The van der Waals surface area contributed by atoms with Crippen molar-refractivity contribution in [3.05, 3.63) is 47.3 Å². The maximum Gasteiger partial charge on any atom is 0.161 e. The van der Waals surface area contributed by atoms with E-state index in [0.29, 0.717) is 0 Å². The molecule has 0 atom stereocenters. The van der Waals surface area contributed by atoms with Gasteiger partial charge in [-0.25, -0.2) is 0 Å². The first-order valence-electron chi connectivity index (χ1n) is 5.89. The van der Waals surface area contributed by atoms with Crippen molar-refractivity contribution in [3.63, 3.8) is 0 Å². The van der Waals surface area contributed by atoms with Gasteiger partial charge in [-0.1, -0.05) is 6.07 Å². The zero-order valence-electron chi connectivity index (χ0n) is 11.2. The van der Waals surface area contributed by atoms with Crippen molar-refractivity contribution in [3.8, 4) is 11.4 Å². The Morgan fingerprint density at radius 3 is 2.50 bits per heavy atom. The number of rotatable bonds is 3. The summed E-state index contributed by atoms with van der Waals surface area (Å²) in [5.74, 6) is 0.904. The van der Waals surface area contributed by atoms with Crippen LogP contribution in [0, 0.1) is 13.8 Å². The van der Waals surface area contributed by atoms with Gasteiger partial charge in [0, 0.05) is 28.7 Å². The third-order valence-electron chi connectivity index (χ3n) is 3.12. The van der Waals surface area contributed by atoms with Gasteiger partial charge in [0.05, 0.1) is 7.11 Å². The molecule has 0 bridgehead atoms. The van der Waals surface area contributed by atoms with Crippen LogP contribution in [-0.2, 0) is 0 Å². The van der Waals surface area contributed by atoms with Gasteiger partial charge in [0.1, 0.15) is 5.75 Å². The van der Waals surface area contributed by atoms with Gasteiger partial charge in [-0.3, -0.25) is 4.79 Å². The first-order chi connectivity index (χ1) is 8.54. The Balaban J connectivity index is 2.60. The molecule has 0 aliphatic heterocycles. The van der Waals surface area contributed by atoms with Crippen LogP contribution in [0.4, 0.5) is 0 Å². The number of aromatic nitrogens is 1. The van der Waals surface area contributed by atoms with E-state index >= 15 is 0 Å². The van der Waals surface area contributed by atoms with Gasteiger partial charge in [-0.05, 0) is 39.0 Å². The lowest BCUT2D eigenvalue weighted by molar-refractivity contribution is 0.101. The highest BCUT2D eigenvalue weighted by Crippen LogP contribution is 2.23. The fourth-order valence-corrected chi connectivity index (χ4v) is 2.27. The molecule has 1 aromatic carbocycles. The summed E-state index contributed by atoms with van der Waals surface area (Å²) in [5.41, 5.74) is 3.80. The van der Waals surface area contributed by atoms with Crippen molar-refractivity contribution in [2.75, 3.05) is 7.11 Å². The van der Waals surface area contributed by atoms with Crippen molar-refractivity contribution in [1.82, 2.24) is 4.57 Å². The topological polar surface area (TPSA) is 31.2 Å². The third kappa shape index (κ3) is 2.04. The number of hydrogen-bond donors (Lipinski definition) is 0. The Kier molecular flexibility index (Phi) is 3.24.